The highest BCUT2D eigenvalue weighted by Crippen LogP contribution is 2.30. The molecule has 1 atom stereocenters. The first-order valence-electron chi connectivity index (χ1n) is 6.72. The molecule has 3 rings (SSSR count). The number of carbonyl (C=O) groups excluding carboxylic acids is 1. The van der Waals surface area contributed by atoms with Gasteiger partial charge < -0.3 is 0 Å². The molecule has 1 aliphatic carbocycles. The Hall–Kier alpha value is -1.67. The minimum Gasteiger partial charge on any atom is -0.294 e. The molecule has 0 radical (unpaired) electrons. The molecule has 1 nitrogen and oxygen atoms in total. The maximum Gasteiger partial charge on any atom is 0.170 e. The average molecular weight is 289 g/mol. The molecular weight excluding hydrogens is 275 g/mol. The first-order valence-corrected chi connectivity index (χ1v) is 7.09. The van der Waals surface area contributed by atoms with Crippen molar-refractivity contribution in [1.29, 1.82) is 0 Å². The standard InChI is InChI=1S/C17H14ClFO/c18-14-6-3-7-15(19)16(14)17(20)13-9-8-11-4-1-2-5-12(11)10-13/h1-7,13H,8-10H2. The van der Waals surface area contributed by atoms with E-state index in [4.69, 9.17) is 11.6 Å². The number of ketones is 1. The van der Waals surface area contributed by atoms with Crippen molar-refractivity contribution < 1.29 is 9.18 Å². The van der Waals surface area contributed by atoms with E-state index >= 15 is 0 Å². The van der Waals surface area contributed by atoms with Gasteiger partial charge >= 0.3 is 0 Å². The molecule has 0 aliphatic heterocycles. The lowest BCUT2D eigenvalue weighted by Gasteiger charge is -2.24. The van der Waals surface area contributed by atoms with E-state index in [1.807, 2.05) is 18.2 Å². The first kappa shape index (κ1) is 13.3. The summed E-state index contributed by atoms with van der Waals surface area (Å²) >= 11 is 5.98. The fourth-order valence-electron chi connectivity index (χ4n) is 2.86. The molecule has 0 saturated heterocycles. The van der Waals surface area contributed by atoms with Gasteiger partial charge in [-0.3, -0.25) is 4.79 Å². The van der Waals surface area contributed by atoms with Gasteiger partial charge in [-0.2, -0.15) is 0 Å². The molecule has 2 aromatic carbocycles. The Bertz CT molecular complexity index is 646. The lowest BCUT2D eigenvalue weighted by molar-refractivity contribution is 0.0904. The largest absolute Gasteiger partial charge is 0.294 e. The predicted octanol–water partition coefficient (Wildman–Crippen LogP) is 4.47. The second-order valence-electron chi connectivity index (χ2n) is 5.17. The summed E-state index contributed by atoms with van der Waals surface area (Å²) in [5.74, 6) is -0.886. The van der Waals surface area contributed by atoms with Crippen molar-refractivity contribution in [1.82, 2.24) is 0 Å². The zero-order valence-electron chi connectivity index (χ0n) is 10.9. The third-order valence-electron chi connectivity index (χ3n) is 3.93. The number of aryl methyl sites for hydroxylation is 1. The zero-order valence-corrected chi connectivity index (χ0v) is 11.7. The number of hydrogen-bond acceptors (Lipinski definition) is 1. The van der Waals surface area contributed by atoms with Gasteiger partial charge in [0.25, 0.3) is 0 Å². The van der Waals surface area contributed by atoms with Gasteiger partial charge in [-0.1, -0.05) is 41.9 Å². The zero-order chi connectivity index (χ0) is 14.1. The van der Waals surface area contributed by atoms with Crippen molar-refractivity contribution in [2.75, 3.05) is 0 Å². The third kappa shape index (κ3) is 2.36. The van der Waals surface area contributed by atoms with Crippen molar-refractivity contribution in [3.63, 3.8) is 0 Å². The molecule has 0 bridgehead atoms. The molecule has 102 valence electrons. The predicted molar refractivity (Wildman–Crippen MR) is 77.7 cm³/mol. The molecule has 0 amide bonds. The summed E-state index contributed by atoms with van der Waals surface area (Å²) in [4.78, 5) is 12.5. The van der Waals surface area contributed by atoms with Crippen LogP contribution in [0.2, 0.25) is 5.02 Å². The Morgan fingerprint density at radius 1 is 1.10 bits per heavy atom. The molecular formula is C17H14ClFO. The Morgan fingerprint density at radius 2 is 1.85 bits per heavy atom. The van der Waals surface area contributed by atoms with Gasteiger partial charge in [0.05, 0.1) is 10.6 Å². The van der Waals surface area contributed by atoms with Gasteiger partial charge in [-0.05, 0) is 42.5 Å². The smallest absolute Gasteiger partial charge is 0.170 e. The van der Waals surface area contributed by atoms with E-state index in [2.05, 4.69) is 6.07 Å². The molecule has 0 saturated carbocycles. The van der Waals surface area contributed by atoms with Gasteiger partial charge in [-0.15, -0.1) is 0 Å². The van der Waals surface area contributed by atoms with E-state index in [0.29, 0.717) is 6.42 Å². The number of rotatable bonds is 2. The molecule has 0 heterocycles. The second kappa shape index (κ2) is 5.37. The number of fused-ring (bicyclic) bond motifs is 1. The highest BCUT2D eigenvalue weighted by atomic mass is 35.5. The highest BCUT2D eigenvalue weighted by molar-refractivity contribution is 6.34. The van der Waals surface area contributed by atoms with Crippen LogP contribution in [-0.4, -0.2) is 5.78 Å². The van der Waals surface area contributed by atoms with Crippen LogP contribution in [0.4, 0.5) is 4.39 Å². The van der Waals surface area contributed by atoms with Crippen LogP contribution < -0.4 is 0 Å². The lowest BCUT2D eigenvalue weighted by atomic mass is 9.80. The number of hydrogen-bond donors (Lipinski definition) is 0. The van der Waals surface area contributed by atoms with E-state index in [1.165, 1.54) is 23.3 Å². The van der Waals surface area contributed by atoms with E-state index in [-0.39, 0.29) is 22.3 Å². The highest BCUT2D eigenvalue weighted by Gasteiger charge is 2.28. The Labute approximate surface area is 122 Å². The monoisotopic (exact) mass is 288 g/mol. The maximum atomic E-state index is 13.8. The number of Topliss-reactive ketones (excluding diaryl/α,β-unsaturated/α-hetero) is 1. The van der Waals surface area contributed by atoms with Crippen molar-refractivity contribution in [3.8, 4) is 0 Å². The van der Waals surface area contributed by atoms with Gasteiger partial charge in [0.15, 0.2) is 5.78 Å². The summed E-state index contributed by atoms with van der Waals surface area (Å²) in [6.07, 6.45) is 2.28. The summed E-state index contributed by atoms with van der Waals surface area (Å²) in [7, 11) is 0. The van der Waals surface area contributed by atoms with Crippen LogP contribution in [0.15, 0.2) is 42.5 Å². The molecule has 20 heavy (non-hydrogen) atoms. The Morgan fingerprint density at radius 3 is 2.60 bits per heavy atom. The molecule has 1 unspecified atom stereocenters. The van der Waals surface area contributed by atoms with E-state index in [1.54, 1.807) is 6.07 Å². The van der Waals surface area contributed by atoms with Crippen LogP contribution in [0.1, 0.15) is 27.9 Å². The van der Waals surface area contributed by atoms with Crippen LogP contribution in [-0.2, 0) is 12.8 Å². The number of benzene rings is 2. The first-order chi connectivity index (χ1) is 9.66. The summed E-state index contributed by atoms with van der Waals surface area (Å²) < 4.78 is 13.8. The SMILES string of the molecule is O=C(c1c(F)cccc1Cl)C1CCc2ccccc2C1. The van der Waals surface area contributed by atoms with Gasteiger partial charge in [0.2, 0.25) is 0 Å². The average Bonchev–Trinajstić information content (AvgIpc) is 2.46. The molecule has 2 aromatic rings. The minimum absolute atomic E-state index is 0.0403. The lowest BCUT2D eigenvalue weighted by Crippen LogP contribution is -2.23. The van der Waals surface area contributed by atoms with Gasteiger partial charge in [0.1, 0.15) is 5.82 Å². The van der Waals surface area contributed by atoms with Crippen LogP contribution in [0.25, 0.3) is 0 Å². The molecule has 0 fully saturated rings. The van der Waals surface area contributed by atoms with E-state index in [9.17, 15) is 9.18 Å². The van der Waals surface area contributed by atoms with Gasteiger partial charge in [-0.25, -0.2) is 4.39 Å². The molecule has 3 heteroatoms. The fraction of sp³-hybridized carbons (Fsp3) is 0.235. The molecule has 0 N–H and O–H groups in total. The molecule has 0 aromatic heterocycles. The maximum absolute atomic E-state index is 13.8. The number of halogens is 2. The number of carbonyl (C=O) groups is 1. The topological polar surface area (TPSA) is 17.1 Å². The normalized spacial score (nSPS) is 17.6. The second-order valence-corrected chi connectivity index (χ2v) is 5.58. The van der Waals surface area contributed by atoms with E-state index < -0.39 is 5.82 Å². The third-order valence-corrected chi connectivity index (χ3v) is 4.24. The fourth-order valence-corrected chi connectivity index (χ4v) is 3.12. The van der Waals surface area contributed by atoms with Crippen molar-refractivity contribution in [2.45, 2.75) is 19.3 Å². The van der Waals surface area contributed by atoms with Crippen LogP contribution in [0.3, 0.4) is 0 Å². The van der Waals surface area contributed by atoms with Crippen LogP contribution in [0, 0.1) is 11.7 Å². The quantitative estimate of drug-likeness (QED) is 0.745. The van der Waals surface area contributed by atoms with E-state index in [0.717, 1.165) is 12.8 Å². The summed E-state index contributed by atoms with van der Waals surface area (Å²) in [5.41, 5.74) is 2.51. The molecule has 0 spiro atoms. The summed E-state index contributed by atoms with van der Waals surface area (Å²) in [6.45, 7) is 0. The van der Waals surface area contributed by atoms with Crippen LogP contribution in [0.5, 0.6) is 0 Å². The summed E-state index contributed by atoms with van der Waals surface area (Å²) in [6, 6.07) is 12.5. The minimum atomic E-state index is -0.527. The van der Waals surface area contributed by atoms with Crippen molar-refractivity contribution in [3.05, 3.63) is 70.0 Å². The Kier molecular flexibility index (Phi) is 3.58. The molecule has 1 aliphatic rings. The van der Waals surface area contributed by atoms with Crippen molar-refractivity contribution >= 4 is 17.4 Å². The summed E-state index contributed by atoms with van der Waals surface area (Å²) in [5, 5.41) is 0.203. The van der Waals surface area contributed by atoms with Crippen molar-refractivity contribution in [2.24, 2.45) is 5.92 Å². The Balaban J connectivity index is 1.90. The van der Waals surface area contributed by atoms with Gasteiger partial charge in [0, 0.05) is 5.92 Å². The van der Waals surface area contributed by atoms with Crippen LogP contribution >= 0.6 is 11.6 Å².